The zero-order chi connectivity index (χ0) is 15.0. The van der Waals surface area contributed by atoms with Gasteiger partial charge in [-0.15, -0.1) is 0 Å². The number of rotatable bonds is 2. The van der Waals surface area contributed by atoms with E-state index in [2.05, 4.69) is 20.9 Å². The number of hydrogen-bond acceptors (Lipinski definition) is 3. The summed E-state index contributed by atoms with van der Waals surface area (Å²) in [5.74, 6) is 0. The van der Waals surface area contributed by atoms with Gasteiger partial charge in [0.15, 0.2) is 0 Å². The van der Waals surface area contributed by atoms with E-state index in [1.807, 2.05) is 12.1 Å². The van der Waals surface area contributed by atoms with E-state index in [4.69, 9.17) is 16.3 Å². The van der Waals surface area contributed by atoms with Gasteiger partial charge in [0.25, 0.3) is 5.56 Å². The van der Waals surface area contributed by atoms with Gasteiger partial charge in [-0.25, -0.2) is 4.79 Å². The number of nitrogens with zero attached hydrogens (tertiary/aromatic N) is 1. The summed E-state index contributed by atoms with van der Waals surface area (Å²) in [6, 6.07) is 6.98. The SMILES string of the molecule is O=c1[nH]c(Cl)c(-c2cccc(Br)c2)c(=O)n1C1CCOC1. The maximum atomic E-state index is 12.7. The predicted molar refractivity (Wildman–Crippen MR) is 83.9 cm³/mol. The number of aromatic amines is 1. The molecule has 1 aromatic carbocycles. The molecule has 0 saturated carbocycles. The predicted octanol–water partition coefficient (Wildman–Crippen LogP) is 2.58. The second kappa shape index (κ2) is 5.79. The fourth-order valence-electron chi connectivity index (χ4n) is 2.47. The summed E-state index contributed by atoms with van der Waals surface area (Å²) < 4.78 is 7.30. The second-order valence-electron chi connectivity index (χ2n) is 4.82. The van der Waals surface area contributed by atoms with Crippen molar-refractivity contribution in [1.82, 2.24) is 9.55 Å². The molecule has 1 aliphatic heterocycles. The van der Waals surface area contributed by atoms with Crippen LogP contribution in [0.5, 0.6) is 0 Å². The number of ether oxygens (including phenoxy) is 1. The third-order valence-electron chi connectivity index (χ3n) is 3.47. The molecule has 1 unspecified atom stereocenters. The van der Waals surface area contributed by atoms with Gasteiger partial charge >= 0.3 is 5.69 Å². The maximum Gasteiger partial charge on any atom is 0.329 e. The standard InChI is InChI=1S/C14H12BrClN2O3/c15-9-3-1-2-8(6-9)11-12(16)17-14(20)18(13(11)19)10-4-5-21-7-10/h1-3,6,10H,4-5,7H2,(H,17,20). The zero-order valence-corrected chi connectivity index (χ0v) is 13.3. The molecule has 5 nitrogen and oxygen atoms in total. The van der Waals surface area contributed by atoms with E-state index >= 15 is 0 Å². The highest BCUT2D eigenvalue weighted by Gasteiger charge is 2.24. The van der Waals surface area contributed by atoms with Crippen LogP contribution in [0, 0.1) is 0 Å². The minimum absolute atomic E-state index is 0.0539. The van der Waals surface area contributed by atoms with Crippen molar-refractivity contribution in [3.05, 3.63) is 54.7 Å². The zero-order valence-electron chi connectivity index (χ0n) is 10.9. The Hall–Kier alpha value is -1.37. The molecule has 110 valence electrons. The lowest BCUT2D eigenvalue weighted by molar-refractivity contribution is 0.185. The summed E-state index contributed by atoms with van der Waals surface area (Å²) in [5, 5.41) is 0.0539. The Balaban J connectivity index is 2.24. The highest BCUT2D eigenvalue weighted by Crippen LogP contribution is 2.25. The minimum Gasteiger partial charge on any atom is -0.379 e. The van der Waals surface area contributed by atoms with Gasteiger partial charge in [0, 0.05) is 11.1 Å². The van der Waals surface area contributed by atoms with Gasteiger partial charge in [-0.2, -0.15) is 0 Å². The van der Waals surface area contributed by atoms with E-state index in [9.17, 15) is 9.59 Å². The molecule has 0 amide bonds. The van der Waals surface area contributed by atoms with Crippen LogP contribution in [0.2, 0.25) is 5.15 Å². The molecule has 0 bridgehead atoms. The van der Waals surface area contributed by atoms with Crippen LogP contribution in [-0.2, 0) is 4.74 Å². The highest BCUT2D eigenvalue weighted by atomic mass is 79.9. The Morgan fingerprint density at radius 3 is 2.86 bits per heavy atom. The number of benzene rings is 1. The minimum atomic E-state index is -0.501. The first-order valence-electron chi connectivity index (χ1n) is 6.46. The lowest BCUT2D eigenvalue weighted by Crippen LogP contribution is -2.39. The van der Waals surface area contributed by atoms with Crippen molar-refractivity contribution in [1.29, 1.82) is 0 Å². The molecule has 7 heteroatoms. The molecule has 0 aliphatic carbocycles. The Labute approximate surface area is 133 Å². The van der Waals surface area contributed by atoms with Gasteiger partial charge in [0.1, 0.15) is 5.15 Å². The van der Waals surface area contributed by atoms with Crippen molar-refractivity contribution < 1.29 is 4.74 Å². The van der Waals surface area contributed by atoms with E-state index in [-0.39, 0.29) is 11.2 Å². The first-order valence-corrected chi connectivity index (χ1v) is 7.63. The second-order valence-corrected chi connectivity index (χ2v) is 6.12. The van der Waals surface area contributed by atoms with Crippen molar-refractivity contribution in [3.63, 3.8) is 0 Å². The largest absolute Gasteiger partial charge is 0.379 e. The molecule has 1 fully saturated rings. The molecular formula is C14H12BrClN2O3. The molecule has 1 N–H and O–H groups in total. The quantitative estimate of drug-likeness (QED) is 0.825. The van der Waals surface area contributed by atoms with Crippen molar-refractivity contribution in [2.75, 3.05) is 13.2 Å². The Bertz CT molecular complexity index is 794. The molecule has 2 heterocycles. The van der Waals surface area contributed by atoms with Crippen LogP contribution in [0.4, 0.5) is 0 Å². The van der Waals surface area contributed by atoms with E-state index < -0.39 is 11.2 Å². The first-order chi connectivity index (χ1) is 10.1. The van der Waals surface area contributed by atoms with Crippen LogP contribution in [0.15, 0.2) is 38.3 Å². The lowest BCUT2D eigenvalue weighted by Gasteiger charge is -2.13. The van der Waals surface area contributed by atoms with Gasteiger partial charge in [-0.05, 0) is 24.1 Å². The van der Waals surface area contributed by atoms with Crippen LogP contribution >= 0.6 is 27.5 Å². The van der Waals surface area contributed by atoms with Crippen LogP contribution in [0.3, 0.4) is 0 Å². The number of hydrogen-bond donors (Lipinski definition) is 1. The number of halogens is 2. The van der Waals surface area contributed by atoms with Crippen LogP contribution in [0.25, 0.3) is 11.1 Å². The van der Waals surface area contributed by atoms with E-state index in [0.29, 0.717) is 30.8 Å². The van der Waals surface area contributed by atoms with Crippen LogP contribution in [-0.4, -0.2) is 22.8 Å². The summed E-state index contributed by atoms with van der Waals surface area (Å²) in [4.78, 5) is 27.3. The molecule has 0 spiro atoms. The molecule has 1 atom stereocenters. The molecule has 1 aliphatic rings. The molecule has 3 rings (SSSR count). The van der Waals surface area contributed by atoms with Crippen LogP contribution in [0.1, 0.15) is 12.5 Å². The molecule has 1 aromatic heterocycles. The molecule has 21 heavy (non-hydrogen) atoms. The van der Waals surface area contributed by atoms with Crippen molar-refractivity contribution >= 4 is 27.5 Å². The molecule has 2 aromatic rings. The summed E-state index contributed by atoms with van der Waals surface area (Å²) in [5.41, 5.74) is 0.0596. The van der Waals surface area contributed by atoms with Gasteiger partial charge < -0.3 is 4.74 Å². The maximum absolute atomic E-state index is 12.7. The van der Waals surface area contributed by atoms with Crippen LogP contribution < -0.4 is 11.2 Å². The third-order valence-corrected chi connectivity index (χ3v) is 4.25. The Morgan fingerprint density at radius 2 is 2.19 bits per heavy atom. The molecule has 1 saturated heterocycles. The average Bonchev–Trinajstić information content (AvgIpc) is 2.92. The van der Waals surface area contributed by atoms with Crippen molar-refractivity contribution in [3.8, 4) is 11.1 Å². The van der Waals surface area contributed by atoms with E-state index in [1.54, 1.807) is 12.1 Å². The first kappa shape index (κ1) is 14.6. The highest BCUT2D eigenvalue weighted by molar-refractivity contribution is 9.10. The average molecular weight is 372 g/mol. The Kier molecular flexibility index (Phi) is 4.01. The number of aromatic nitrogens is 2. The Morgan fingerprint density at radius 1 is 1.38 bits per heavy atom. The fourth-order valence-corrected chi connectivity index (χ4v) is 3.14. The van der Waals surface area contributed by atoms with Gasteiger partial charge in [0.05, 0.1) is 18.2 Å². The van der Waals surface area contributed by atoms with Crippen molar-refractivity contribution in [2.24, 2.45) is 0 Å². The van der Waals surface area contributed by atoms with E-state index in [0.717, 1.165) is 4.47 Å². The number of H-pyrrole nitrogens is 1. The molecule has 0 radical (unpaired) electrons. The normalized spacial score (nSPS) is 18.1. The fraction of sp³-hybridized carbons (Fsp3) is 0.286. The van der Waals surface area contributed by atoms with Crippen molar-refractivity contribution in [2.45, 2.75) is 12.5 Å². The monoisotopic (exact) mass is 370 g/mol. The topological polar surface area (TPSA) is 64.1 Å². The third kappa shape index (κ3) is 2.71. The lowest BCUT2D eigenvalue weighted by atomic mass is 10.1. The van der Waals surface area contributed by atoms with Gasteiger partial charge in [-0.3, -0.25) is 14.3 Å². The van der Waals surface area contributed by atoms with Gasteiger partial charge in [-0.1, -0.05) is 39.7 Å². The summed E-state index contributed by atoms with van der Waals surface area (Å²) in [6.07, 6.45) is 0.641. The number of nitrogens with one attached hydrogen (secondary N) is 1. The molecular weight excluding hydrogens is 360 g/mol. The van der Waals surface area contributed by atoms with Gasteiger partial charge in [0.2, 0.25) is 0 Å². The summed E-state index contributed by atoms with van der Waals surface area (Å²) >= 11 is 9.45. The summed E-state index contributed by atoms with van der Waals surface area (Å²) in [6.45, 7) is 0.911. The smallest absolute Gasteiger partial charge is 0.329 e. The van der Waals surface area contributed by atoms with E-state index in [1.165, 1.54) is 4.57 Å². The summed E-state index contributed by atoms with van der Waals surface area (Å²) in [7, 11) is 0.